The zero-order valence-corrected chi connectivity index (χ0v) is 18.3. The van der Waals surface area contributed by atoms with Gasteiger partial charge in [-0.2, -0.15) is 11.6 Å². The Hall–Kier alpha value is -1.03. The summed E-state index contributed by atoms with van der Waals surface area (Å²) in [5.74, 6) is 0.467. The number of esters is 1. The quantitative estimate of drug-likeness (QED) is 0.241. The summed E-state index contributed by atoms with van der Waals surface area (Å²) in [5, 5.41) is 0. The molecule has 0 saturated heterocycles. The molecule has 0 fully saturated rings. The summed E-state index contributed by atoms with van der Waals surface area (Å²) in [6, 6.07) is 7.85. The summed E-state index contributed by atoms with van der Waals surface area (Å²) >= 11 is 0. The number of ether oxygens (including phenoxy) is 1. The summed E-state index contributed by atoms with van der Waals surface area (Å²) in [7, 11) is -1.93. The predicted octanol–water partition coefficient (Wildman–Crippen LogP) is 5.62. The maximum Gasteiger partial charge on any atom is 1.00 e. The molecule has 0 aliphatic carbocycles. The van der Waals surface area contributed by atoms with Crippen molar-refractivity contribution in [3.8, 4) is 5.75 Å². The van der Waals surface area contributed by atoms with Crippen LogP contribution in [-0.2, 0) is 26.6 Å². The van der Waals surface area contributed by atoms with Crippen LogP contribution in [0.1, 0.15) is 54.0 Å². The van der Waals surface area contributed by atoms with Gasteiger partial charge in [-0.1, -0.05) is 41.5 Å². The van der Waals surface area contributed by atoms with E-state index in [0.29, 0.717) is 23.2 Å². The van der Waals surface area contributed by atoms with Crippen molar-refractivity contribution < 1.29 is 31.0 Å². The van der Waals surface area contributed by atoms with Crippen molar-refractivity contribution in [2.45, 2.75) is 65.1 Å². The third kappa shape index (κ3) is 6.32. The Kier molecular flexibility index (Phi) is 10.4. The average Bonchev–Trinajstić information content (AvgIpc) is 2.51. The molecule has 5 heteroatoms. The molecule has 0 spiro atoms. The molecule has 0 aliphatic heterocycles. The molecule has 0 saturated carbocycles. The van der Waals surface area contributed by atoms with E-state index in [1.165, 1.54) is 0 Å². The van der Waals surface area contributed by atoms with E-state index in [-0.39, 0.29) is 17.1 Å². The van der Waals surface area contributed by atoms with Gasteiger partial charge < -0.3 is 9.16 Å². The molecule has 0 aliphatic rings. The number of carbonyl (C=O) groups is 1. The Morgan fingerprint density at radius 2 is 1.52 bits per heavy atom. The van der Waals surface area contributed by atoms with Crippen LogP contribution in [-0.4, -0.2) is 20.9 Å². The monoisotopic (exact) mass is 410 g/mol. The van der Waals surface area contributed by atoms with Gasteiger partial charge in [0.25, 0.3) is 8.32 Å². The molecule has 25 heavy (non-hydrogen) atoms. The topological polar surface area (TPSA) is 35.5 Å². The van der Waals surface area contributed by atoms with E-state index in [2.05, 4.69) is 47.6 Å². The molecule has 0 unspecified atom stereocenters. The van der Waals surface area contributed by atoms with Crippen LogP contribution in [0, 0.1) is 6.08 Å². The van der Waals surface area contributed by atoms with Crippen LogP contribution in [0.4, 0.5) is 0 Å². The van der Waals surface area contributed by atoms with Crippen LogP contribution < -0.4 is 4.43 Å². The molecular weight excluding hydrogens is 380 g/mol. The first-order chi connectivity index (χ1) is 11.2. The normalized spacial score (nSPS) is 11.9. The largest absolute Gasteiger partial charge is 1.00 e. The fourth-order valence-electron chi connectivity index (χ4n) is 3.50. The number of hydrogen-bond donors (Lipinski definition) is 0. The van der Waals surface area contributed by atoms with Gasteiger partial charge in [0.2, 0.25) is 5.97 Å². The fourth-order valence-corrected chi connectivity index (χ4v) is 8.76. The van der Waals surface area contributed by atoms with Gasteiger partial charge in [-0.25, -0.2) is 6.08 Å². The van der Waals surface area contributed by atoms with Crippen molar-refractivity contribution in [2.75, 3.05) is 6.61 Å². The minimum absolute atomic E-state index is 0. The molecule has 0 radical (unpaired) electrons. The number of rotatable bonds is 8. The first-order valence-electron chi connectivity index (χ1n) is 8.79. The summed E-state index contributed by atoms with van der Waals surface area (Å²) in [4.78, 5) is 11.3. The van der Waals surface area contributed by atoms with Crippen LogP contribution in [0.3, 0.4) is 0 Å². The molecule has 3 nitrogen and oxygen atoms in total. The molecule has 1 aromatic carbocycles. The Balaban J connectivity index is 0.00000576. The molecule has 0 aromatic heterocycles. The van der Waals surface area contributed by atoms with Crippen LogP contribution >= 0.6 is 0 Å². The molecule has 1 aromatic rings. The number of carbonyl (C=O) groups excluding carboxylic acids is 1. The van der Waals surface area contributed by atoms with E-state index in [0.717, 1.165) is 11.3 Å². The second-order valence-electron chi connectivity index (χ2n) is 7.00. The number of hydrogen-bond acceptors (Lipinski definition) is 3. The molecule has 144 valence electrons. The third-order valence-corrected chi connectivity index (χ3v) is 10.5. The summed E-state index contributed by atoms with van der Waals surface area (Å²) in [5.41, 5.74) is 2.51. The summed E-state index contributed by atoms with van der Waals surface area (Å²) in [6.07, 6.45) is 4.24. The maximum absolute atomic E-state index is 11.3. The van der Waals surface area contributed by atoms with E-state index in [4.69, 9.17) is 9.16 Å². The third-order valence-electron chi connectivity index (χ3n) is 4.51. The van der Waals surface area contributed by atoms with E-state index in [1.807, 2.05) is 24.3 Å². The standard InChI is InChI=1S/C20H31O3Si.Cu/c1-8-22-20(21)14-11-18-9-12-19(13-10-18)23-24(15(2)3,16(4)5)17(6)7;/h9-13,15-17H,8H2,1-7H3;/q-1;+1. The summed E-state index contributed by atoms with van der Waals surface area (Å²) < 4.78 is 11.5. The molecule has 0 atom stereocenters. The zero-order valence-electron chi connectivity index (χ0n) is 16.4. The second kappa shape index (κ2) is 10.8. The van der Waals surface area contributed by atoms with Crippen LogP contribution in [0.15, 0.2) is 24.3 Å². The zero-order chi connectivity index (χ0) is 18.3. The van der Waals surface area contributed by atoms with E-state index in [9.17, 15) is 4.79 Å². The Labute approximate surface area is 164 Å². The van der Waals surface area contributed by atoms with Crippen molar-refractivity contribution >= 4 is 20.4 Å². The minimum Gasteiger partial charge on any atom is -0.543 e. The van der Waals surface area contributed by atoms with Gasteiger partial charge in [0.05, 0.1) is 12.4 Å². The molecule has 0 N–H and O–H groups in total. The second-order valence-corrected chi connectivity index (χ2v) is 12.4. The first kappa shape index (κ1) is 24.0. The van der Waals surface area contributed by atoms with Gasteiger partial charge in [-0.15, -0.1) is 12.1 Å². The van der Waals surface area contributed by atoms with Crippen molar-refractivity contribution in [1.29, 1.82) is 0 Å². The van der Waals surface area contributed by atoms with Crippen molar-refractivity contribution in [2.24, 2.45) is 0 Å². The molecule has 0 amide bonds. The van der Waals surface area contributed by atoms with Crippen LogP contribution in [0.25, 0.3) is 6.08 Å². The number of benzene rings is 1. The van der Waals surface area contributed by atoms with Crippen molar-refractivity contribution in [3.63, 3.8) is 0 Å². The molecule has 0 heterocycles. The predicted molar refractivity (Wildman–Crippen MR) is 102 cm³/mol. The Bertz CT molecular complexity index is 529. The Morgan fingerprint density at radius 3 is 1.92 bits per heavy atom. The van der Waals surface area contributed by atoms with Gasteiger partial charge >= 0.3 is 17.1 Å². The molecule has 0 bridgehead atoms. The van der Waals surface area contributed by atoms with Crippen LogP contribution in [0.2, 0.25) is 16.6 Å². The average molecular weight is 411 g/mol. The Morgan fingerprint density at radius 1 is 1.04 bits per heavy atom. The minimum atomic E-state index is -1.93. The molecule has 1 rings (SSSR count). The SMILES string of the molecule is CCOC(=O)[C-]=Cc1ccc(O[Si](C(C)C)(C(C)C)C(C)C)cc1.[Cu+]. The summed E-state index contributed by atoms with van der Waals surface area (Å²) in [6.45, 7) is 15.8. The first-order valence-corrected chi connectivity index (χ1v) is 10.9. The van der Waals surface area contributed by atoms with E-state index in [1.54, 1.807) is 13.0 Å². The molecular formula is C20H31CuO3Si. The van der Waals surface area contributed by atoms with Crippen molar-refractivity contribution in [3.05, 3.63) is 35.9 Å². The van der Waals surface area contributed by atoms with Crippen LogP contribution in [0.5, 0.6) is 5.75 Å². The smallest absolute Gasteiger partial charge is 0.543 e. The maximum atomic E-state index is 11.3. The van der Waals surface area contributed by atoms with E-state index >= 15 is 0 Å². The fraction of sp³-hybridized carbons (Fsp3) is 0.550. The van der Waals surface area contributed by atoms with Gasteiger partial charge in [0.1, 0.15) is 0 Å². The van der Waals surface area contributed by atoms with Crippen molar-refractivity contribution in [1.82, 2.24) is 0 Å². The van der Waals surface area contributed by atoms with Gasteiger partial charge in [0, 0.05) is 0 Å². The van der Waals surface area contributed by atoms with Gasteiger partial charge in [-0.3, -0.25) is 4.79 Å². The van der Waals surface area contributed by atoms with Gasteiger partial charge in [-0.05, 0) is 35.7 Å². The van der Waals surface area contributed by atoms with E-state index < -0.39 is 14.3 Å². The van der Waals surface area contributed by atoms with Gasteiger partial charge in [0.15, 0.2) is 0 Å².